The normalized spacial score (nSPS) is 12.9. The van der Waals surface area contributed by atoms with E-state index >= 15 is 0 Å². The van der Waals surface area contributed by atoms with E-state index in [2.05, 4.69) is 4.98 Å². The van der Waals surface area contributed by atoms with Gasteiger partial charge in [0, 0.05) is 17.8 Å². The van der Waals surface area contributed by atoms with Gasteiger partial charge in [-0.1, -0.05) is 0 Å². The maximum atomic E-state index is 12.0. The third-order valence-corrected chi connectivity index (χ3v) is 1.79. The smallest absolute Gasteiger partial charge is 0.209 e. The molecule has 0 saturated carbocycles. The topological polar surface area (TPSA) is 73.3 Å². The molecule has 0 saturated heterocycles. The van der Waals surface area contributed by atoms with Gasteiger partial charge < -0.3 is 15.2 Å². The first kappa shape index (κ1) is 6.29. The Morgan fingerprint density at radius 1 is 1.27 bits per heavy atom. The van der Waals surface area contributed by atoms with E-state index in [1.165, 1.54) is 12.3 Å². The number of benzene rings is 1. The van der Waals surface area contributed by atoms with Crippen molar-refractivity contribution in [1.82, 2.24) is 4.98 Å². The summed E-state index contributed by atoms with van der Waals surface area (Å²) in [4.78, 5) is 14.6. The molecule has 1 heterocycles. The summed E-state index contributed by atoms with van der Waals surface area (Å²) in [7, 11) is 0. The number of carbonyl (C=O) groups is 1. The standard InChI is InChI=1S/C11H9NO3/c13-8-4-7(5-9(14)6-8)11(15)10-2-1-3-12-10/h1-6,12-14H/i4D,5D,6D. The van der Waals surface area contributed by atoms with Crippen molar-refractivity contribution in [3.63, 3.8) is 0 Å². The Hall–Kier alpha value is -2.23. The minimum absolute atomic E-state index is 0.133. The third-order valence-electron chi connectivity index (χ3n) is 1.79. The fraction of sp³-hybridized carbons (Fsp3) is 0. The minimum Gasteiger partial charge on any atom is -0.508 e. The van der Waals surface area contributed by atoms with Crippen LogP contribution in [-0.4, -0.2) is 21.0 Å². The van der Waals surface area contributed by atoms with Crippen LogP contribution < -0.4 is 0 Å². The Bertz CT molecular complexity index is 594. The molecule has 0 bridgehead atoms. The Morgan fingerprint density at radius 2 is 1.93 bits per heavy atom. The lowest BCUT2D eigenvalue weighted by Gasteiger charge is -2.01. The molecule has 1 aromatic heterocycles. The van der Waals surface area contributed by atoms with Gasteiger partial charge >= 0.3 is 0 Å². The van der Waals surface area contributed by atoms with Gasteiger partial charge in [-0.3, -0.25) is 4.79 Å². The van der Waals surface area contributed by atoms with Gasteiger partial charge in [-0.25, -0.2) is 0 Å². The zero-order valence-electron chi connectivity index (χ0n) is 10.5. The summed E-state index contributed by atoms with van der Waals surface area (Å²) < 4.78 is 22.4. The van der Waals surface area contributed by atoms with Crippen molar-refractivity contribution >= 4 is 5.78 Å². The van der Waals surface area contributed by atoms with Crippen molar-refractivity contribution in [3.05, 3.63) is 47.7 Å². The average Bonchev–Trinajstić information content (AvgIpc) is 2.88. The van der Waals surface area contributed by atoms with E-state index in [1.807, 2.05) is 0 Å². The largest absolute Gasteiger partial charge is 0.508 e. The van der Waals surface area contributed by atoms with Gasteiger partial charge in [-0.05, 0) is 24.2 Å². The molecule has 0 aliphatic heterocycles. The van der Waals surface area contributed by atoms with Crippen LogP contribution in [-0.2, 0) is 0 Å². The number of aromatic nitrogens is 1. The first-order valence-corrected chi connectivity index (χ1v) is 4.15. The summed E-state index contributed by atoms with van der Waals surface area (Å²) in [6.45, 7) is 0. The number of carbonyl (C=O) groups excluding carboxylic acids is 1. The fourth-order valence-electron chi connectivity index (χ4n) is 1.16. The van der Waals surface area contributed by atoms with Gasteiger partial charge in [0.05, 0.1) is 9.81 Å². The Morgan fingerprint density at radius 3 is 2.47 bits per heavy atom. The summed E-state index contributed by atoms with van der Waals surface area (Å²) in [6.07, 6.45) is 1.50. The molecule has 0 atom stereocenters. The van der Waals surface area contributed by atoms with Crippen LogP contribution in [0.2, 0.25) is 0 Å². The number of phenolic OH excluding ortho intramolecular Hbond substituents is 2. The monoisotopic (exact) mass is 206 g/mol. The molecule has 76 valence electrons. The first-order valence-electron chi connectivity index (χ1n) is 5.65. The van der Waals surface area contributed by atoms with Crippen LogP contribution in [0.3, 0.4) is 0 Å². The van der Waals surface area contributed by atoms with Crippen LogP contribution >= 0.6 is 0 Å². The third kappa shape index (κ3) is 1.83. The van der Waals surface area contributed by atoms with Gasteiger partial charge in [0.1, 0.15) is 11.5 Å². The lowest BCUT2D eigenvalue weighted by Crippen LogP contribution is -2.00. The number of ketones is 1. The molecule has 2 aromatic rings. The molecule has 4 heteroatoms. The van der Waals surface area contributed by atoms with Gasteiger partial charge in [0.2, 0.25) is 5.78 Å². The molecule has 0 radical (unpaired) electrons. The maximum absolute atomic E-state index is 12.0. The highest BCUT2D eigenvalue weighted by molar-refractivity contribution is 6.08. The zero-order valence-corrected chi connectivity index (χ0v) is 7.53. The van der Waals surface area contributed by atoms with Crippen molar-refractivity contribution in [2.24, 2.45) is 0 Å². The minimum atomic E-state index is -0.821. The van der Waals surface area contributed by atoms with E-state index in [9.17, 15) is 15.0 Å². The predicted molar refractivity (Wildman–Crippen MR) is 54.0 cm³/mol. The van der Waals surface area contributed by atoms with Gasteiger partial charge in [-0.2, -0.15) is 0 Å². The van der Waals surface area contributed by atoms with Crippen molar-refractivity contribution in [3.8, 4) is 11.5 Å². The van der Waals surface area contributed by atoms with E-state index in [0.29, 0.717) is 0 Å². The number of aromatic hydroxyl groups is 2. The zero-order chi connectivity index (χ0) is 13.4. The molecule has 4 nitrogen and oxygen atoms in total. The van der Waals surface area contributed by atoms with Gasteiger partial charge in [0.15, 0.2) is 0 Å². The molecule has 0 amide bonds. The van der Waals surface area contributed by atoms with Crippen molar-refractivity contribution in [2.75, 3.05) is 0 Å². The van der Waals surface area contributed by atoms with E-state index < -0.39 is 41.0 Å². The molecule has 0 fully saturated rings. The van der Waals surface area contributed by atoms with Crippen molar-refractivity contribution in [1.29, 1.82) is 0 Å². The van der Waals surface area contributed by atoms with E-state index in [0.717, 1.165) is 0 Å². The summed E-state index contributed by atoms with van der Waals surface area (Å²) in [5.74, 6) is -2.34. The molecule has 0 aliphatic carbocycles. The van der Waals surface area contributed by atoms with Gasteiger partial charge in [0.25, 0.3) is 0 Å². The Balaban J connectivity index is 2.69. The molecular formula is C11H9NO3. The molecule has 0 spiro atoms. The Labute approximate surface area is 90.0 Å². The van der Waals surface area contributed by atoms with Gasteiger partial charge in [-0.15, -0.1) is 0 Å². The predicted octanol–water partition coefficient (Wildman–Crippen LogP) is 1.66. The van der Waals surface area contributed by atoms with E-state index in [4.69, 9.17) is 4.11 Å². The van der Waals surface area contributed by atoms with Crippen LogP contribution in [0.25, 0.3) is 0 Å². The Kier molecular flexibility index (Phi) is 1.46. The number of rotatable bonds is 2. The lowest BCUT2D eigenvalue weighted by atomic mass is 10.1. The van der Waals surface area contributed by atoms with Crippen LogP contribution in [0, 0.1) is 0 Å². The summed E-state index contributed by atoms with van der Waals surface area (Å²) in [5, 5.41) is 18.9. The number of H-pyrrole nitrogens is 1. The number of aromatic amines is 1. The molecule has 15 heavy (non-hydrogen) atoms. The number of nitrogens with one attached hydrogen (secondary N) is 1. The summed E-state index contributed by atoms with van der Waals surface area (Å²) in [5.41, 5.74) is -0.308. The number of hydrogen-bond donors (Lipinski definition) is 3. The second kappa shape index (κ2) is 3.49. The highest BCUT2D eigenvalue weighted by Gasteiger charge is 2.11. The molecule has 2 rings (SSSR count). The second-order valence-electron chi connectivity index (χ2n) is 2.86. The highest BCUT2D eigenvalue weighted by atomic mass is 16.3. The molecule has 0 unspecified atom stereocenters. The summed E-state index contributed by atoms with van der Waals surface area (Å²) >= 11 is 0. The molecule has 0 aliphatic rings. The molecule has 3 N–H and O–H groups in total. The SMILES string of the molecule is [2H]c1c(O)c([2H])c(C(=O)c2ccc[nH]2)c([2H])c1O. The molecule has 1 aromatic carbocycles. The summed E-state index contributed by atoms with van der Waals surface area (Å²) in [6, 6.07) is 1.01. The second-order valence-corrected chi connectivity index (χ2v) is 2.86. The lowest BCUT2D eigenvalue weighted by molar-refractivity contribution is 0.103. The quantitative estimate of drug-likeness (QED) is 0.654. The average molecular weight is 206 g/mol. The number of hydrogen-bond acceptors (Lipinski definition) is 3. The van der Waals surface area contributed by atoms with Crippen LogP contribution in [0.1, 0.15) is 20.2 Å². The van der Waals surface area contributed by atoms with Crippen LogP contribution in [0.15, 0.2) is 36.5 Å². The molecular weight excluding hydrogens is 194 g/mol. The van der Waals surface area contributed by atoms with E-state index in [-0.39, 0.29) is 5.69 Å². The highest BCUT2D eigenvalue weighted by Crippen LogP contribution is 2.21. The van der Waals surface area contributed by atoms with E-state index in [1.54, 1.807) is 6.07 Å². The van der Waals surface area contributed by atoms with Crippen molar-refractivity contribution in [2.45, 2.75) is 0 Å². The van der Waals surface area contributed by atoms with Crippen LogP contribution in [0.4, 0.5) is 0 Å². The number of phenols is 2. The van der Waals surface area contributed by atoms with Crippen LogP contribution in [0.5, 0.6) is 11.5 Å². The first-order chi connectivity index (χ1) is 8.45. The fourth-order valence-corrected chi connectivity index (χ4v) is 1.16. The van der Waals surface area contributed by atoms with Crippen molar-refractivity contribution < 1.29 is 19.1 Å². The maximum Gasteiger partial charge on any atom is 0.209 e.